The van der Waals surface area contributed by atoms with E-state index < -0.39 is 0 Å². The van der Waals surface area contributed by atoms with Crippen molar-refractivity contribution in [1.82, 2.24) is 0 Å². The van der Waals surface area contributed by atoms with Gasteiger partial charge in [0.05, 0.1) is 11.6 Å². The molecule has 2 aromatic carbocycles. The SMILES string of the molecule is CCOc1cc(CN)ccc1OCc1c(F)cccc1Cl. The Balaban J connectivity index is 2.19. The predicted octanol–water partition coefficient (Wildman–Crippen LogP) is 3.92. The van der Waals surface area contributed by atoms with Gasteiger partial charge in [-0.3, -0.25) is 0 Å². The third-order valence-corrected chi connectivity index (χ3v) is 3.33. The average Bonchev–Trinajstić information content (AvgIpc) is 2.48. The van der Waals surface area contributed by atoms with Crippen molar-refractivity contribution in [3.8, 4) is 11.5 Å². The number of halogens is 2. The normalized spacial score (nSPS) is 10.5. The molecule has 2 rings (SSSR count). The molecule has 0 radical (unpaired) electrons. The van der Waals surface area contributed by atoms with Gasteiger partial charge in [-0.15, -0.1) is 0 Å². The molecule has 112 valence electrons. The number of nitrogens with two attached hydrogens (primary N) is 1. The molecule has 0 heterocycles. The molecule has 2 N–H and O–H groups in total. The van der Waals surface area contributed by atoms with Gasteiger partial charge < -0.3 is 15.2 Å². The first-order valence-electron chi connectivity index (χ1n) is 6.67. The maximum Gasteiger partial charge on any atom is 0.161 e. The fourth-order valence-corrected chi connectivity index (χ4v) is 2.10. The van der Waals surface area contributed by atoms with Crippen molar-refractivity contribution < 1.29 is 13.9 Å². The topological polar surface area (TPSA) is 44.5 Å². The smallest absolute Gasteiger partial charge is 0.161 e. The first kappa shape index (κ1) is 15.6. The van der Waals surface area contributed by atoms with E-state index >= 15 is 0 Å². The molecule has 0 saturated heterocycles. The standard InChI is InChI=1S/C16H17ClFNO2/c1-2-20-16-8-11(9-19)6-7-15(16)21-10-12-13(17)4-3-5-14(12)18/h3-8H,2,9-10,19H2,1H3. The summed E-state index contributed by atoms with van der Waals surface area (Å²) in [5.74, 6) is 0.736. The lowest BCUT2D eigenvalue weighted by Crippen LogP contribution is -2.03. The van der Waals surface area contributed by atoms with Gasteiger partial charge in [-0.1, -0.05) is 23.7 Å². The molecule has 0 aliphatic heterocycles. The lowest BCUT2D eigenvalue weighted by atomic mass is 10.2. The number of benzene rings is 2. The quantitative estimate of drug-likeness (QED) is 0.879. The molecule has 0 aliphatic rings. The minimum atomic E-state index is -0.390. The highest BCUT2D eigenvalue weighted by atomic mass is 35.5. The Kier molecular flexibility index (Phi) is 5.42. The van der Waals surface area contributed by atoms with Gasteiger partial charge in [0.25, 0.3) is 0 Å². The van der Waals surface area contributed by atoms with E-state index in [1.165, 1.54) is 6.07 Å². The number of hydrogen-bond donors (Lipinski definition) is 1. The van der Waals surface area contributed by atoms with Crippen LogP contribution < -0.4 is 15.2 Å². The van der Waals surface area contributed by atoms with Crippen LogP contribution in [0.5, 0.6) is 11.5 Å². The van der Waals surface area contributed by atoms with Crippen LogP contribution >= 0.6 is 11.6 Å². The number of hydrogen-bond acceptors (Lipinski definition) is 3. The first-order chi connectivity index (χ1) is 10.2. The Morgan fingerprint density at radius 3 is 2.62 bits per heavy atom. The molecule has 2 aromatic rings. The van der Waals surface area contributed by atoms with Crippen LogP contribution in [0.4, 0.5) is 4.39 Å². The molecule has 21 heavy (non-hydrogen) atoms. The monoisotopic (exact) mass is 309 g/mol. The minimum Gasteiger partial charge on any atom is -0.490 e. The highest BCUT2D eigenvalue weighted by molar-refractivity contribution is 6.31. The largest absolute Gasteiger partial charge is 0.490 e. The zero-order chi connectivity index (χ0) is 15.2. The summed E-state index contributed by atoms with van der Waals surface area (Å²) in [6.07, 6.45) is 0. The van der Waals surface area contributed by atoms with Crippen molar-refractivity contribution >= 4 is 11.6 Å². The summed E-state index contributed by atoms with van der Waals surface area (Å²) in [5.41, 5.74) is 6.87. The summed E-state index contributed by atoms with van der Waals surface area (Å²) in [6, 6.07) is 9.98. The molecule has 0 atom stereocenters. The van der Waals surface area contributed by atoms with E-state index in [0.717, 1.165) is 5.56 Å². The van der Waals surface area contributed by atoms with Gasteiger partial charge in [-0.25, -0.2) is 4.39 Å². The summed E-state index contributed by atoms with van der Waals surface area (Å²) in [4.78, 5) is 0. The molecule has 0 fully saturated rings. The molecule has 5 heteroatoms. The Bertz CT molecular complexity index is 599. The lowest BCUT2D eigenvalue weighted by Gasteiger charge is -2.14. The van der Waals surface area contributed by atoms with Gasteiger partial charge in [-0.2, -0.15) is 0 Å². The zero-order valence-corrected chi connectivity index (χ0v) is 12.5. The van der Waals surface area contributed by atoms with Gasteiger partial charge in [0.2, 0.25) is 0 Å². The molecule has 0 unspecified atom stereocenters. The third-order valence-electron chi connectivity index (χ3n) is 2.98. The minimum absolute atomic E-state index is 0.0353. The summed E-state index contributed by atoms with van der Waals surface area (Å²) in [5, 5.41) is 0.339. The van der Waals surface area contributed by atoms with Crippen molar-refractivity contribution in [1.29, 1.82) is 0 Å². The Morgan fingerprint density at radius 1 is 1.14 bits per heavy atom. The van der Waals surface area contributed by atoms with Crippen molar-refractivity contribution in [2.75, 3.05) is 6.61 Å². The molecule has 0 aliphatic carbocycles. The number of ether oxygens (including phenoxy) is 2. The van der Waals surface area contributed by atoms with E-state index in [4.69, 9.17) is 26.8 Å². The second kappa shape index (κ2) is 7.29. The van der Waals surface area contributed by atoms with Crippen LogP contribution in [0.2, 0.25) is 5.02 Å². The van der Waals surface area contributed by atoms with Crippen molar-refractivity contribution in [2.24, 2.45) is 5.73 Å². The van der Waals surface area contributed by atoms with Gasteiger partial charge in [0, 0.05) is 12.1 Å². The molecule has 0 spiro atoms. The van der Waals surface area contributed by atoms with Crippen LogP contribution in [0.1, 0.15) is 18.1 Å². The van der Waals surface area contributed by atoms with E-state index in [-0.39, 0.29) is 12.4 Å². The van der Waals surface area contributed by atoms with Gasteiger partial charge >= 0.3 is 0 Å². The second-order valence-electron chi connectivity index (χ2n) is 4.41. The van der Waals surface area contributed by atoms with Crippen molar-refractivity contribution in [2.45, 2.75) is 20.1 Å². The van der Waals surface area contributed by atoms with Gasteiger partial charge in [-0.05, 0) is 36.8 Å². The predicted molar refractivity (Wildman–Crippen MR) is 81.2 cm³/mol. The summed E-state index contributed by atoms with van der Waals surface area (Å²) in [7, 11) is 0. The summed E-state index contributed by atoms with van der Waals surface area (Å²) < 4.78 is 24.9. The van der Waals surface area contributed by atoms with Gasteiger partial charge in [0.1, 0.15) is 12.4 Å². The van der Waals surface area contributed by atoms with Crippen molar-refractivity contribution in [3.05, 3.63) is 58.4 Å². The van der Waals surface area contributed by atoms with Crippen LogP contribution in [-0.2, 0) is 13.2 Å². The van der Waals surface area contributed by atoms with Crippen LogP contribution in [0.15, 0.2) is 36.4 Å². The molecular formula is C16H17ClFNO2. The first-order valence-corrected chi connectivity index (χ1v) is 7.05. The van der Waals surface area contributed by atoms with Crippen LogP contribution in [-0.4, -0.2) is 6.61 Å². The molecule has 0 bridgehead atoms. The third kappa shape index (κ3) is 3.86. The fourth-order valence-electron chi connectivity index (χ4n) is 1.89. The molecule has 3 nitrogen and oxygen atoms in total. The Morgan fingerprint density at radius 2 is 1.95 bits per heavy atom. The fraction of sp³-hybridized carbons (Fsp3) is 0.250. The van der Waals surface area contributed by atoms with E-state index in [1.54, 1.807) is 18.2 Å². The van der Waals surface area contributed by atoms with E-state index in [0.29, 0.717) is 35.2 Å². The molecule has 0 aromatic heterocycles. The zero-order valence-electron chi connectivity index (χ0n) is 11.7. The van der Waals surface area contributed by atoms with Crippen molar-refractivity contribution in [3.63, 3.8) is 0 Å². The molecule has 0 amide bonds. The maximum absolute atomic E-state index is 13.7. The maximum atomic E-state index is 13.7. The van der Waals surface area contributed by atoms with E-state index in [9.17, 15) is 4.39 Å². The highest BCUT2D eigenvalue weighted by Gasteiger charge is 2.11. The lowest BCUT2D eigenvalue weighted by molar-refractivity contribution is 0.265. The highest BCUT2D eigenvalue weighted by Crippen LogP contribution is 2.30. The molecular weight excluding hydrogens is 293 g/mol. The van der Waals surface area contributed by atoms with Gasteiger partial charge in [0.15, 0.2) is 11.5 Å². The van der Waals surface area contributed by atoms with E-state index in [2.05, 4.69) is 0 Å². The second-order valence-corrected chi connectivity index (χ2v) is 4.81. The van der Waals surface area contributed by atoms with Crippen LogP contribution in [0.25, 0.3) is 0 Å². The summed E-state index contributed by atoms with van der Waals surface area (Å²) >= 11 is 5.98. The summed E-state index contributed by atoms with van der Waals surface area (Å²) in [6.45, 7) is 2.84. The van der Waals surface area contributed by atoms with Crippen LogP contribution in [0, 0.1) is 5.82 Å². The Hall–Kier alpha value is -1.78. The molecule has 0 saturated carbocycles. The van der Waals surface area contributed by atoms with Crippen LogP contribution in [0.3, 0.4) is 0 Å². The average molecular weight is 310 g/mol. The Labute approximate surface area is 128 Å². The number of rotatable bonds is 6. The van der Waals surface area contributed by atoms with E-state index in [1.807, 2.05) is 19.1 Å².